The maximum absolute atomic E-state index is 11.9. The van der Waals surface area contributed by atoms with Crippen LogP contribution in [0.3, 0.4) is 0 Å². The first-order chi connectivity index (χ1) is 12.5. The first kappa shape index (κ1) is 20.2. The van der Waals surface area contributed by atoms with Gasteiger partial charge in [0, 0.05) is 31.4 Å². The van der Waals surface area contributed by atoms with Crippen molar-refractivity contribution in [1.29, 1.82) is 0 Å². The number of carbonyl (C=O) groups is 1. The molecule has 0 spiro atoms. The lowest BCUT2D eigenvalue weighted by atomic mass is 10.1. The summed E-state index contributed by atoms with van der Waals surface area (Å²) in [5.41, 5.74) is 3.90. The second kappa shape index (κ2) is 10.1. The van der Waals surface area contributed by atoms with Crippen LogP contribution in [-0.4, -0.2) is 35.4 Å². The molecular formula is C20H26ClN3O2. The van der Waals surface area contributed by atoms with Gasteiger partial charge in [-0.2, -0.15) is 5.10 Å². The first-order valence-electron chi connectivity index (χ1n) is 8.83. The van der Waals surface area contributed by atoms with Gasteiger partial charge in [-0.05, 0) is 38.8 Å². The van der Waals surface area contributed by atoms with Crippen LogP contribution < -0.4 is 5.32 Å². The Morgan fingerprint density at radius 1 is 1.31 bits per heavy atom. The average molecular weight is 376 g/mol. The van der Waals surface area contributed by atoms with E-state index in [1.165, 1.54) is 11.6 Å². The maximum Gasteiger partial charge on any atom is 0.244 e. The van der Waals surface area contributed by atoms with E-state index in [1.807, 2.05) is 13.8 Å². The average Bonchev–Trinajstić information content (AvgIpc) is 2.88. The zero-order valence-electron chi connectivity index (χ0n) is 15.6. The molecule has 1 aromatic carbocycles. The number of nitrogens with one attached hydrogen (secondary N) is 1. The quantitative estimate of drug-likeness (QED) is 0.536. The molecule has 0 radical (unpaired) electrons. The molecule has 5 nitrogen and oxygen atoms in total. The second-order valence-electron chi connectivity index (χ2n) is 6.11. The van der Waals surface area contributed by atoms with Gasteiger partial charge < -0.3 is 10.1 Å². The van der Waals surface area contributed by atoms with E-state index in [1.54, 1.807) is 10.8 Å². The molecule has 0 saturated carbocycles. The van der Waals surface area contributed by atoms with Crippen molar-refractivity contribution in [3.05, 3.63) is 57.9 Å². The molecule has 2 rings (SSSR count). The summed E-state index contributed by atoms with van der Waals surface area (Å²) in [6.07, 6.45) is 4.00. The number of nitrogens with zero attached hydrogens (tertiary/aromatic N) is 2. The van der Waals surface area contributed by atoms with Crippen molar-refractivity contribution in [2.24, 2.45) is 0 Å². The van der Waals surface area contributed by atoms with E-state index < -0.39 is 0 Å². The number of hydrogen-bond donors (Lipinski definition) is 1. The fraction of sp³-hybridized carbons (Fsp3) is 0.400. The molecule has 0 aliphatic rings. The third kappa shape index (κ3) is 6.00. The predicted octanol–water partition coefficient (Wildman–Crippen LogP) is 3.76. The van der Waals surface area contributed by atoms with Gasteiger partial charge in [0.1, 0.15) is 5.15 Å². The predicted molar refractivity (Wildman–Crippen MR) is 105 cm³/mol. The smallest absolute Gasteiger partial charge is 0.244 e. The minimum absolute atomic E-state index is 0.150. The summed E-state index contributed by atoms with van der Waals surface area (Å²) >= 11 is 6.46. The zero-order chi connectivity index (χ0) is 18.9. The van der Waals surface area contributed by atoms with Gasteiger partial charge in [0.2, 0.25) is 5.91 Å². The number of aryl methyl sites for hydroxylation is 2. The van der Waals surface area contributed by atoms with Gasteiger partial charge in [-0.25, -0.2) is 4.68 Å². The van der Waals surface area contributed by atoms with Gasteiger partial charge in [-0.1, -0.05) is 41.4 Å². The summed E-state index contributed by atoms with van der Waals surface area (Å²) in [5, 5.41) is 7.84. The number of carbonyl (C=O) groups excluding carboxylic acids is 1. The lowest BCUT2D eigenvalue weighted by Gasteiger charge is -2.04. The highest BCUT2D eigenvalue weighted by atomic mass is 35.5. The summed E-state index contributed by atoms with van der Waals surface area (Å²) < 4.78 is 6.99. The minimum Gasteiger partial charge on any atom is -0.382 e. The molecule has 1 aromatic heterocycles. The van der Waals surface area contributed by atoms with Crippen LogP contribution in [0.5, 0.6) is 0 Å². The first-order valence-corrected chi connectivity index (χ1v) is 9.21. The minimum atomic E-state index is -0.150. The topological polar surface area (TPSA) is 56.1 Å². The normalized spacial score (nSPS) is 11.2. The largest absolute Gasteiger partial charge is 0.382 e. The van der Waals surface area contributed by atoms with Crippen molar-refractivity contribution in [3.8, 4) is 0 Å². The summed E-state index contributed by atoms with van der Waals surface area (Å²) in [4.78, 5) is 11.9. The Balaban J connectivity index is 1.96. The van der Waals surface area contributed by atoms with Crippen LogP contribution in [0, 0.1) is 13.8 Å². The number of halogens is 1. The van der Waals surface area contributed by atoms with Gasteiger partial charge in [0.25, 0.3) is 0 Å². The Labute approximate surface area is 160 Å². The number of ether oxygens (including phenoxy) is 1. The SMILES string of the molecule is CCOCCCNC(=O)/C=C/c1c(C)nn(Cc2ccc(C)cc2)c1Cl. The zero-order valence-corrected chi connectivity index (χ0v) is 16.3. The lowest BCUT2D eigenvalue weighted by molar-refractivity contribution is -0.116. The van der Waals surface area contributed by atoms with Crippen LogP contribution in [0.1, 0.15) is 35.7 Å². The molecule has 26 heavy (non-hydrogen) atoms. The standard InChI is InChI=1S/C20H26ClN3O2/c1-4-26-13-5-12-22-19(25)11-10-18-16(3)23-24(20(18)21)14-17-8-6-15(2)7-9-17/h6-11H,4-5,12-14H2,1-3H3,(H,22,25)/b11-10+. The highest BCUT2D eigenvalue weighted by Gasteiger charge is 2.11. The Morgan fingerprint density at radius 3 is 2.73 bits per heavy atom. The highest BCUT2D eigenvalue weighted by molar-refractivity contribution is 6.31. The van der Waals surface area contributed by atoms with E-state index in [2.05, 4.69) is 41.6 Å². The van der Waals surface area contributed by atoms with Crippen molar-refractivity contribution in [3.63, 3.8) is 0 Å². The third-order valence-corrected chi connectivity index (χ3v) is 4.33. The van der Waals surface area contributed by atoms with E-state index in [0.717, 1.165) is 23.2 Å². The molecule has 1 N–H and O–H groups in total. The van der Waals surface area contributed by atoms with Crippen molar-refractivity contribution in [2.45, 2.75) is 33.7 Å². The van der Waals surface area contributed by atoms with E-state index in [9.17, 15) is 4.79 Å². The van der Waals surface area contributed by atoms with Crippen molar-refractivity contribution in [2.75, 3.05) is 19.8 Å². The molecule has 2 aromatic rings. The molecule has 1 heterocycles. The molecule has 0 bridgehead atoms. The van der Waals surface area contributed by atoms with Gasteiger partial charge in [0.15, 0.2) is 0 Å². The van der Waals surface area contributed by atoms with Crippen LogP contribution in [-0.2, 0) is 16.1 Å². The van der Waals surface area contributed by atoms with E-state index in [-0.39, 0.29) is 5.91 Å². The monoisotopic (exact) mass is 375 g/mol. The number of hydrogen-bond acceptors (Lipinski definition) is 3. The van der Waals surface area contributed by atoms with Gasteiger partial charge in [0.05, 0.1) is 12.2 Å². The highest BCUT2D eigenvalue weighted by Crippen LogP contribution is 2.22. The van der Waals surface area contributed by atoms with Crippen molar-refractivity contribution in [1.82, 2.24) is 15.1 Å². The second-order valence-corrected chi connectivity index (χ2v) is 6.47. The summed E-state index contributed by atoms with van der Waals surface area (Å²) in [7, 11) is 0. The molecular weight excluding hydrogens is 350 g/mol. The summed E-state index contributed by atoms with van der Waals surface area (Å²) in [5.74, 6) is -0.150. The fourth-order valence-electron chi connectivity index (χ4n) is 2.48. The molecule has 140 valence electrons. The molecule has 0 aliphatic heterocycles. The summed E-state index contributed by atoms with van der Waals surface area (Å²) in [6.45, 7) is 8.42. The van der Waals surface area contributed by atoms with Crippen LogP contribution in [0.2, 0.25) is 5.15 Å². The van der Waals surface area contributed by atoms with Crippen LogP contribution in [0.4, 0.5) is 0 Å². The van der Waals surface area contributed by atoms with Gasteiger partial charge >= 0.3 is 0 Å². The molecule has 0 atom stereocenters. The number of amides is 1. The van der Waals surface area contributed by atoms with E-state index in [4.69, 9.17) is 16.3 Å². The van der Waals surface area contributed by atoms with E-state index >= 15 is 0 Å². The molecule has 1 amide bonds. The van der Waals surface area contributed by atoms with E-state index in [0.29, 0.717) is 31.5 Å². The fourth-order valence-corrected chi connectivity index (χ4v) is 2.77. The number of aromatic nitrogens is 2. The molecule has 0 fully saturated rings. The third-order valence-electron chi connectivity index (χ3n) is 3.93. The van der Waals surface area contributed by atoms with Crippen LogP contribution in [0.25, 0.3) is 6.08 Å². The van der Waals surface area contributed by atoms with Crippen LogP contribution in [0.15, 0.2) is 30.3 Å². The number of rotatable bonds is 9. The maximum atomic E-state index is 11.9. The Hall–Kier alpha value is -2.11. The Morgan fingerprint density at radius 2 is 2.04 bits per heavy atom. The van der Waals surface area contributed by atoms with Crippen molar-refractivity contribution < 1.29 is 9.53 Å². The van der Waals surface area contributed by atoms with Crippen molar-refractivity contribution >= 4 is 23.6 Å². The van der Waals surface area contributed by atoms with Gasteiger partial charge in [-0.3, -0.25) is 4.79 Å². The van der Waals surface area contributed by atoms with Crippen LogP contribution >= 0.6 is 11.6 Å². The Kier molecular flexibility index (Phi) is 7.88. The summed E-state index contributed by atoms with van der Waals surface area (Å²) in [6, 6.07) is 8.26. The lowest BCUT2D eigenvalue weighted by Crippen LogP contribution is -2.23. The molecule has 0 unspecified atom stereocenters. The molecule has 0 aliphatic carbocycles. The van der Waals surface area contributed by atoms with Gasteiger partial charge in [-0.15, -0.1) is 0 Å². The number of benzene rings is 1. The molecule has 6 heteroatoms. The molecule has 0 saturated heterocycles. The Bertz CT molecular complexity index is 751.